The zero-order valence-corrected chi connectivity index (χ0v) is 12.7. The van der Waals surface area contributed by atoms with E-state index in [9.17, 15) is 9.90 Å². The second-order valence-electron chi connectivity index (χ2n) is 4.24. The number of halogens is 1. The first-order valence-electron chi connectivity index (χ1n) is 5.70. The molecular formula is C12H14BrN3O2S. The van der Waals surface area contributed by atoms with Gasteiger partial charge >= 0.3 is 5.97 Å². The molecule has 0 saturated heterocycles. The Kier molecular flexibility index (Phi) is 4.73. The molecule has 0 radical (unpaired) electrons. The van der Waals surface area contributed by atoms with Gasteiger partial charge in [0.05, 0.1) is 12.0 Å². The Morgan fingerprint density at radius 3 is 3.00 bits per heavy atom. The number of hydrogen-bond donors (Lipinski definition) is 2. The highest BCUT2D eigenvalue weighted by Gasteiger charge is 2.18. The zero-order chi connectivity index (χ0) is 13.8. The highest BCUT2D eigenvalue weighted by molar-refractivity contribution is 9.10. The fourth-order valence-electron chi connectivity index (χ4n) is 1.70. The van der Waals surface area contributed by atoms with Crippen LogP contribution in [0.1, 0.15) is 10.6 Å². The van der Waals surface area contributed by atoms with Crippen molar-refractivity contribution in [2.45, 2.75) is 19.0 Å². The van der Waals surface area contributed by atoms with E-state index in [1.165, 1.54) is 0 Å². The number of aliphatic carboxylic acids is 1. The average molecular weight is 344 g/mol. The molecule has 0 aliphatic heterocycles. The Morgan fingerprint density at radius 2 is 2.47 bits per heavy atom. The Labute approximate surface area is 123 Å². The summed E-state index contributed by atoms with van der Waals surface area (Å²) in [5.41, 5.74) is 0.773. The van der Waals surface area contributed by atoms with Gasteiger partial charge in [0.15, 0.2) is 0 Å². The molecule has 5 nitrogen and oxygen atoms in total. The van der Waals surface area contributed by atoms with Crippen LogP contribution in [0.15, 0.2) is 28.4 Å². The Bertz CT molecular complexity index is 567. The third-order valence-corrected chi connectivity index (χ3v) is 4.31. The highest BCUT2D eigenvalue weighted by atomic mass is 79.9. The van der Waals surface area contributed by atoms with Crippen LogP contribution in [-0.2, 0) is 24.8 Å². The molecule has 0 unspecified atom stereocenters. The first-order chi connectivity index (χ1) is 9.04. The summed E-state index contributed by atoms with van der Waals surface area (Å²) >= 11 is 4.97. The molecule has 0 aliphatic carbocycles. The lowest BCUT2D eigenvalue weighted by atomic mass is 10.1. The number of thiophene rings is 1. The first-order valence-corrected chi connectivity index (χ1v) is 7.38. The molecule has 0 aromatic carbocycles. The fraction of sp³-hybridized carbons (Fsp3) is 0.333. The minimum Gasteiger partial charge on any atom is -0.480 e. The molecule has 0 fully saturated rings. The average Bonchev–Trinajstić information content (AvgIpc) is 2.93. The van der Waals surface area contributed by atoms with Gasteiger partial charge in [-0.3, -0.25) is 10.1 Å². The van der Waals surface area contributed by atoms with E-state index in [2.05, 4.69) is 26.2 Å². The molecule has 2 aromatic rings. The number of hydrogen-bond acceptors (Lipinski definition) is 4. The predicted octanol–water partition coefficient (Wildman–Crippen LogP) is 2.03. The summed E-state index contributed by atoms with van der Waals surface area (Å²) in [4.78, 5) is 16.5. The van der Waals surface area contributed by atoms with Crippen molar-refractivity contribution in [3.8, 4) is 0 Å². The van der Waals surface area contributed by atoms with Gasteiger partial charge in [-0.15, -0.1) is 11.3 Å². The lowest BCUT2D eigenvalue weighted by molar-refractivity contribution is -0.139. The van der Waals surface area contributed by atoms with E-state index in [4.69, 9.17) is 0 Å². The number of aryl methyl sites for hydroxylation is 1. The number of carboxylic acid groups (broad SMARTS) is 1. The van der Waals surface area contributed by atoms with Gasteiger partial charge in [-0.05, 0) is 22.0 Å². The molecule has 2 aromatic heterocycles. The van der Waals surface area contributed by atoms with E-state index in [1.54, 1.807) is 17.7 Å². The standard InChI is InChI=1S/C12H14BrN3O2S/c1-16-5-9(15-7-16)3-11(12(17)18)14-4-10-2-8(13)6-19-10/h2,5-7,11,14H,3-4H2,1H3,(H,17,18)/t11-/m1/s1. The van der Waals surface area contributed by atoms with Crippen molar-refractivity contribution in [2.75, 3.05) is 0 Å². The van der Waals surface area contributed by atoms with Crippen molar-refractivity contribution < 1.29 is 9.90 Å². The van der Waals surface area contributed by atoms with Crippen molar-refractivity contribution in [1.29, 1.82) is 0 Å². The summed E-state index contributed by atoms with van der Waals surface area (Å²) in [6.07, 6.45) is 3.88. The van der Waals surface area contributed by atoms with Crippen LogP contribution in [-0.4, -0.2) is 26.7 Å². The molecule has 1 atom stereocenters. The van der Waals surface area contributed by atoms with Crippen molar-refractivity contribution >= 4 is 33.2 Å². The number of rotatable bonds is 6. The van der Waals surface area contributed by atoms with Gasteiger partial charge in [-0.1, -0.05) is 0 Å². The molecule has 0 spiro atoms. The maximum atomic E-state index is 11.2. The minimum atomic E-state index is -0.860. The van der Waals surface area contributed by atoms with E-state index in [0.29, 0.717) is 13.0 Å². The Balaban J connectivity index is 1.94. The third kappa shape index (κ3) is 4.15. The maximum absolute atomic E-state index is 11.2. The second kappa shape index (κ2) is 6.31. The van der Waals surface area contributed by atoms with Gasteiger partial charge in [-0.2, -0.15) is 0 Å². The third-order valence-electron chi connectivity index (χ3n) is 2.61. The second-order valence-corrected chi connectivity index (χ2v) is 6.15. The van der Waals surface area contributed by atoms with E-state index >= 15 is 0 Å². The summed E-state index contributed by atoms with van der Waals surface area (Å²) < 4.78 is 2.83. The lowest BCUT2D eigenvalue weighted by Crippen LogP contribution is -2.38. The van der Waals surface area contributed by atoms with Crippen molar-refractivity contribution in [3.05, 3.63) is 39.0 Å². The molecule has 2 N–H and O–H groups in total. The van der Waals surface area contributed by atoms with E-state index in [-0.39, 0.29) is 0 Å². The minimum absolute atomic E-state index is 0.378. The Hall–Kier alpha value is -1.18. The largest absolute Gasteiger partial charge is 0.480 e. The van der Waals surface area contributed by atoms with Gasteiger partial charge in [0.2, 0.25) is 0 Å². The molecule has 0 aliphatic rings. The number of imidazole rings is 1. The van der Waals surface area contributed by atoms with E-state index < -0.39 is 12.0 Å². The van der Waals surface area contributed by atoms with Gasteiger partial charge < -0.3 is 9.67 Å². The quantitative estimate of drug-likeness (QED) is 0.842. The van der Waals surface area contributed by atoms with Crippen LogP contribution in [0.5, 0.6) is 0 Å². The number of nitrogens with one attached hydrogen (secondary N) is 1. The molecule has 2 heterocycles. The monoisotopic (exact) mass is 343 g/mol. The van der Waals surface area contributed by atoms with E-state index in [1.807, 2.05) is 29.3 Å². The van der Waals surface area contributed by atoms with Crippen molar-refractivity contribution in [1.82, 2.24) is 14.9 Å². The number of aromatic nitrogens is 2. The summed E-state index contributed by atoms with van der Waals surface area (Å²) in [5.74, 6) is -0.860. The first kappa shape index (κ1) is 14.2. The van der Waals surface area contributed by atoms with Crippen LogP contribution in [0, 0.1) is 0 Å². The molecule has 19 heavy (non-hydrogen) atoms. The fourth-order valence-corrected chi connectivity index (χ4v) is 3.10. The number of nitrogens with zero attached hydrogens (tertiary/aromatic N) is 2. The summed E-state index contributed by atoms with van der Waals surface area (Å²) in [5, 5.41) is 14.2. The zero-order valence-electron chi connectivity index (χ0n) is 10.3. The Morgan fingerprint density at radius 1 is 1.68 bits per heavy atom. The van der Waals surface area contributed by atoms with Gasteiger partial charge in [-0.25, -0.2) is 4.98 Å². The van der Waals surface area contributed by atoms with Crippen LogP contribution in [0.25, 0.3) is 0 Å². The van der Waals surface area contributed by atoms with Gasteiger partial charge in [0, 0.05) is 40.9 Å². The van der Waals surface area contributed by atoms with Crippen molar-refractivity contribution in [3.63, 3.8) is 0 Å². The molecule has 0 bridgehead atoms. The van der Waals surface area contributed by atoms with Crippen LogP contribution in [0.4, 0.5) is 0 Å². The van der Waals surface area contributed by atoms with Crippen LogP contribution in [0.3, 0.4) is 0 Å². The molecule has 7 heteroatoms. The molecular weight excluding hydrogens is 330 g/mol. The van der Waals surface area contributed by atoms with Crippen LogP contribution in [0.2, 0.25) is 0 Å². The molecule has 2 rings (SSSR count). The predicted molar refractivity (Wildman–Crippen MR) is 77.2 cm³/mol. The molecule has 0 saturated carbocycles. The van der Waals surface area contributed by atoms with Gasteiger partial charge in [0.25, 0.3) is 0 Å². The van der Waals surface area contributed by atoms with Crippen molar-refractivity contribution in [2.24, 2.45) is 7.05 Å². The van der Waals surface area contributed by atoms with E-state index in [0.717, 1.165) is 15.0 Å². The summed E-state index contributed by atoms with van der Waals surface area (Å²) in [6.45, 7) is 0.542. The van der Waals surface area contributed by atoms with Crippen LogP contribution >= 0.6 is 27.3 Å². The van der Waals surface area contributed by atoms with Crippen LogP contribution < -0.4 is 5.32 Å². The molecule has 0 amide bonds. The number of carbonyl (C=O) groups is 1. The number of carboxylic acids is 1. The maximum Gasteiger partial charge on any atom is 0.321 e. The summed E-state index contributed by atoms with van der Waals surface area (Å²) in [6, 6.07) is 1.35. The SMILES string of the molecule is Cn1cnc(C[C@@H](NCc2cc(Br)cs2)C(=O)O)c1. The lowest BCUT2D eigenvalue weighted by Gasteiger charge is -2.12. The van der Waals surface area contributed by atoms with Gasteiger partial charge in [0.1, 0.15) is 6.04 Å². The summed E-state index contributed by atoms with van der Waals surface area (Å²) in [7, 11) is 1.86. The topological polar surface area (TPSA) is 67.2 Å². The molecule has 102 valence electrons. The highest BCUT2D eigenvalue weighted by Crippen LogP contribution is 2.19. The normalized spacial score (nSPS) is 12.5. The smallest absolute Gasteiger partial charge is 0.321 e.